The molecule has 0 unspecified atom stereocenters. The average molecular weight is 300 g/mol. The summed E-state index contributed by atoms with van der Waals surface area (Å²) < 4.78 is 0. The molecule has 1 aliphatic carbocycles. The van der Waals surface area contributed by atoms with Crippen LogP contribution >= 0.6 is 0 Å². The molecule has 1 saturated carbocycles. The number of carbonyl (C=O) groups excluding carboxylic acids is 2. The second kappa shape index (κ2) is 6.61. The summed E-state index contributed by atoms with van der Waals surface area (Å²) in [6, 6.07) is 9.41. The van der Waals surface area contributed by atoms with Gasteiger partial charge in [-0.25, -0.2) is 0 Å². The van der Waals surface area contributed by atoms with Crippen molar-refractivity contribution in [1.29, 1.82) is 0 Å². The van der Waals surface area contributed by atoms with Gasteiger partial charge in [-0.05, 0) is 31.1 Å². The fourth-order valence-corrected chi connectivity index (χ4v) is 3.41. The molecule has 1 aromatic carbocycles. The van der Waals surface area contributed by atoms with Crippen molar-refractivity contribution in [3.8, 4) is 0 Å². The Morgan fingerprint density at radius 3 is 2.50 bits per heavy atom. The largest absolute Gasteiger partial charge is 0.341 e. The number of nitrogens with two attached hydrogens (primary N) is 1. The van der Waals surface area contributed by atoms with Crippen LogP contribution in [0.4, 0.5) is 0 Å². The van der Waals surface area contributed by atoms with E-state index in [1.54, 1.807) is 0 Å². The summed E-state index contributed by atoms with van der Waals surface area (Å²) in [5, 5.41) is 0. The maximum Gasteiger partial charge on any atom is 0.222 e. The fraction of sp³-hybridized carbons (Fsp3) is 0.556. The van der Waals surface area contributed by atoms with Crippen LogP contribution in [-0.2, 0) is 4.79 Å². The second-order valence-electron chi connectivity index (χ2n) is 6.61. The summed E-state index contributed by atoms with van der Waals surface area (Å²) in [6.45, 7) is 1.50. The molecule has 1 aromatic rings. The molecule has 2 fully saturated rings. The third-order valence-electron chi connectivity index (χ3n) is 4.88. The van der Waals surface area contributed by atoms with Crippen molar-refractivity contribution >= 4 is 11.7 Å². The van der Waals surface area contributed by atoms with Gasteiger partial charge < -0.3 is 10.6 Å². The van der Waals surface area contributed by atoms with Crippen molar-refractivity contribution in [2.75, 3.05) is 13.1 Å². The maximum atomic E-state index is 12.3. The first-order chi connectivity index (χ1) is 10.6. The highest BCUT2D eigenvalue weighted by Crippen LogP contribution is 2.40. The second-order valence-corrected chi connectivity index (χ2v) is 6.61. The number of benzene rings is 1. The van der Waals surface area contributed by atoms with E-state index in [1.165, 1.54) is 12.8 Å². The zero-order valence-corrected chi connectivity index (χ0v) is 12.9. The Balaban J connectivity index is 1.42. The summed E-state index contributed by atoms with van der Waals surface area (Å²) in [4.78, 5) is 26.2. The minimum Gasteiger partial charge on any atom is -0.341 e. The fourth-order valence-electron chi connectivity index (χ4n) is 3.41. The Hall–Kier alpha value is -1.68. The monoisotopic (exact) mass is 300 g/mol. The summed E-state index contributed by atoms with van der Waals surface area (Å²) in [5.41, 5.74) is 6.88. The van der Waals surface area contributed by atoms with Crippen LogP contribution in [0.3, 0.4) is 0 Å². The number of carbonyl (C=O) groups is 2. The van der Waals surface area contributed by atoms with Crippen LogP contribution in [0.15, 0.2) is 30.3 Å². The Labute approximate surface area is 131 Å². The van der Waals surface area contributed by atoms with Crippen LogP contribution < -0.4 is 5.73 Å². The Kier molecular flexibility index (Phi) is 4.57. The quantitative estimate of drug-likeness (QED) is 0.819. The van der Waals surface area contributed by atoms with Crippen LogP contribution in [0.2, 0.25) is 0 Å². The number of amides is 1. The topological polar surface area (TPSA) is 63.4 Å². The molecule has 3 rings (SSSR count). The molecule has 4 nitrogen and oxygen atoms in total. The van der Waals surface area contributed by atoms with E-state index < -0.39 is 0 Å². The standard InChI is InChI=1S/C18H24N2O2/c19-16-12-20(11-15(16)13-9-10-13)18(22)8-4-7-17(21)14-5-2-1-3-6-14/h1-3,5-6,13,15-16H,4,7-12,19H2/t15-,16+/m1/s1. The summed E-state index contributed by atoms with van der Waals surface area (Å²) in [6.07, 6.45) is 4.04. The first-order valence-corrected chi connectivity index (χ1v) is 8.27. The Bertz CT molecular complexity index is 539. The maximum absolute atomic E-state index is 12.3. The lowest BCUT2D eigenvalue weighted by Gasteiger charge is -2.16. The molecule has 0 aromatic heterocycles. The van der Waals surface area contributed by atoms with Gasteiger partial charge in [-0.15, -0.1) is 0 Å². The van der Waals surface area contributed by atoms with Gasteiger partial charge in [0, 0.05) is 37.5 Å². The molecule has 2 atom stereocenters. The average Bonchev–Trinajstić information content (AvgIpc) is 3.30. The predicted molar refractivity (Wildman–Crippen MR) is 85.4 cm³/mol. The normalized spacial score (nSPS) is 24.5. The number of ketones is 1. The first-order valence-electron chi connectivity index (χ1n) is 8.27. The third-order valence-corrected chi connectivity index (χ3v) is 4.88. The SMILES string of the molecule is N[C@H]1CN(C(=O)CCCC(=O)c2ccccc2)C[C@@H]1C1CC1. The summed E-state index contributed by atoms with van der Waals surface area (Å²) in [5.74, 6) is 1.50. The van der Waals surface area contributed by atoms with E-state index in [9.17, 15) is 9.59 Å². The molecule has 4 heteroatoms. The van der Waals surface area contributed by atoms with Crippen molar-refractivity contribution in [2.45, 2.75) is 38.1 Å². The molecular formula is C18H24N2O2. The van der Waals surface area contributed by atoms with Crippen molar-refractivity contribution in [3.05, 3.63) is 35.9 Å². The third kappa shape index (κ3) is 3.55. The van der Waals surface area contributed by atoms with E-state index in [1.807, 2.05) is 35.2 Å². The van der Waals surface area contributed by atoms with Gasteiger partial charge in [-0.3, -0.25) is 9.59 Å². The lowest BCUT2D eigenvalue weighted by atomic mass is 9.99. The predicted octanol–water partition coefficient (Wildman–Crippen LogP) is 2.24. The zero-order chi connectivity index (χ0) is 15.5. The van der Waals surface area contributed by atoms with Crippen molar-refractivity contribution in [1.82, 2.24) is 4.90 Å². The first kappa shape index (κ1) is 15.2. The molecular weight excluding hydrogens is 276 g/mol. The zero-order valence-electron chi connectivity index (χ0n) is 12.9. The highest BCUT2D eigenvalue weighted by Gasteiger charge is 2.41. The van der Waals surface area contributed by atoms with Gasteiger partial charge in [0.1, 0.15) is 0 Å². The minimum atomic E-state index is 0.113. The van der Waals surface area contributed by atoms with E-state index >= 15 is 0 Å². The number of rotatable bonds is 6. The van der Waals surface area contributed by atoms with Crippen LogP contribution in [-0.4, -0.2) is 35.7 Å². The number of likely N-dealkylation sites (tertiary alicyclic amines) is 1. The molecule has 22 heavy (non-hydrogen) atoms. The van der Waals surface area contributed by atoms with Gasteiger partial charge in [0.05, 0.1) is 0 Å². The van der Waals surface area contributed by atoms with Crippen molar-refractivity contribution < 1.29 is 9.59 Å². The Morgan fingerprint density at radius 1 is 1.09 bits per heavy atom. The lowest BCUT2D eigenvalue weighted by molar-refractivity contribution is -0.130. The van der Waals surface area contributed by atoms with Crippen molar-refractivity contribution in [2.24, 2.45) is 17.6 Å². The van der Waals surface area contributed by atoms with Gasteiger partial charge in [0.25, 0.3) is 0 Å². The van der Waals surface area contributed by atoms with E-state index in [2.05, 4.69) is 0 Å². The van der Waals surface area contributed by atoms with Crippen LogP contribution in [0.5, 0.6) is 0 Å². The highest BCUT2D eigenvalue weighted by molar-refractivity contribution is 5.96. The number of hydrogen-bond donors (Lipinski definition) is 1. The summed E-state index contributed by atoms with van der Waals surface area (Å²) >= 11 is 0. The smallest absolute Gasteiger partial charge is 0.222 e. The lowest BCUT2D eigenvalue weighted by Crippen LogP contribution is -2.32. The Morgan fingerprint density at radius 2 is 1.82 bits per heavy atom. The number of Topliss-reactive ketones (excluding diaryl/α,β-unsaturated/α-hetero) is 1. The summed E-state index contributed by atoms with van der Waals surface area (Å²) in [7, 11) is 0. The number of nitrogens with zero attached hydrogens (tertiary/aromatic N) is 1. The molecule has 0 radical (unpaired) electrons. The minimum absolute atomic E-state index is 0.113. The number of hydrogen-bond acceptors (Lipinski definition) is 3. The molecule has 2 N–H and O–H groups in total. The molecule has 0 bridgehead atoms. The molecule has 1 saturated heterocycles. The molecule has 2 aliphatic rings. The van der Waals surface area contributed by atoms with Crippen molar-refractivity contribution in [3.63, 3.8) is 0 Å². The van der Waals surface area contributed by atoms with Gasteiger partial charge in [-0.1, -0.05) is 30.3 Å². The van der Waals surface area contributed by atoms with Gasteiger partial charge in [0.15, 0.2) is 5.78 Å². The molecule has 118 valence electrons. The van der Waals surface area contributed by atoms with Gasteiger partial charge in [-0.2, -0.15) is 0 Å². The molecule has 0 spiro atoms. The van der Waals surface area contributed by atoms with Crippen LogP contribution in [0.25, 0.3) is 0 Å². The van der Waals surface area contributed by atoms with Crippen LogP contribution in [0, 0.1) is 11.8 Å². The van der Waals surface area contributed by atoms with E-state index in [-0.39, 0.29) is 17.7 Å². The van der Waals surface area contributed by atoms with E-state index in [4.69, 9.17) is 5.73 Å². The van der Waals surface area contributed by atoms with Crippen LogP contribution in [0.1, 0.15) is 42.5 Å². The van der Waals surface area contributed by atoms with Gasteiger partial charge in [0.2, 0.25) is 5.91 Å². The van der Waals surface area contributed by atoms with E-state index in [0.29, 0.717) is 31.7 Å². The molecule has 1 amide bonds. The highest BCUT2D eigenvalue weighted by atomic mass is 16.2. The molecule has 1 aliphatic heterocycles. The van der Waals surface area contributed by atoms with Gasteiger partial charge >= 0.3 is 0 Å². The van der Waals surface area contributed by atoms with E-state index in [0.717, 1.165) is 18.0 Å². The molecule has 1 heterocycles.